The predicted octanol–water partition coefficient (Wildman–Crippen LogP) is -1.69. The van der Waals surface area contributed by atoms with Crippen molar-refractivity contribution < 1.29 is 10.2 Å². The van der Waals surface area contributed by atoms with E-state index in [0.717, 1.165) is 0 Å². The smallest absolute Gasteiger partial charge is 0.0854 e. The van der Waals surface area contributed by atoms with Gasteiger partial charge in [0.2, 0.25) is 0 Å². The summed E-state index contributed by atoms with van der Waals surface area (Å²) in [6, 6.07) is 0.426. The second-order valence-electron chi connectivity index (χ2n) is 2.56. The van der Waals surface area contributed by atoms with Gasteiger partial charge in [0, 0.05) is 24.6 Å². The molecule has 46 valence electrons. The normalized spacial score (nSPS) is 59.2. The van der Waals surface area contributed by atoms with Crippen LogP contribution in [0.3, 0.4) is 0 Å². The fourth-order valence-electron chi connectivity index (χ4n) is 1.46. The number of nitrogens with one attached hydrogen (secondary N) is 1. The molecule has 2 atom stereocenters. The van der Waals surface area contributed by atoms with Gasteiger partial charge in [-0.05, 0) is 0 Å². The van der Waals surface area contributed by atoms with Gasteiger partial charge in [0.1, 0.15) is 0 Å². The monoisotopic (exact) mass is 115 g/mol. The quantitative estimate of drug-likeness (QED) is 0.382. The topological polar surface area (TPSA) is 52.5 Å². The van der Waals surface area contributed by atoms with Gasteiger partial charge in [0.15, 0.2) is 0 Å². The van der Waals surface area contributed by atoms with E-state index in [1.165, 1.54) is 0 Å². The Bertz CT molecular complexity index is 103. The Kier molecular flexibility index (Phi) is 0.730. The molecule has 0 aromatic heterocycles. The van der Waals surface area contributed by atoms with Crippen molar-refractivity contribution in [3.8, 4) is 0 Å². The Balaban J connectivity index is 1.95. The first-order valence-corrected chi connectivity index (χ1v) is 2.89. The van der Waals surface area contributed by atoms with Crippen molar-refractivity contribution in [1.29, 1.82) is 0 Å². The molecule has 3 heteroatoms. The van der Waals surface area contributed by atoms with E-state index in [4.69, 9.17) is 10.2 Å². The van der Waals surface area contributed by atoms with Gasteiger partial charge in [-0.1, -0.05) is 0 Å². The fourth-order valence-corrected chi connectivity index (χ4v) is 1.46. The van der Waals surface area contributed by atoms with Crippen molar-refractivity contribution in [2.24, 2.45) is 5.92 Å². The maximum atomic E-state index is 8.89. The van der Waals surface area contributed by atoms with Crippen molar-refractivity contribution in [3.05, 3.63) is 0 Å². The summed E-state index contributed by atoms with van der Waals surface area (Å²) < 4.78 is 0. The average molecular weight is 115 g/mol. The maximum absolute atomic E-state index is 8.89. The summed E-state index contributed by atoms with van der Waals surface area (Å²) in [5.74, 6) is 0.352. The van der Waals surface area contributed by atoms with E-state index in [9.17, 15) is 0 Å². The second kappa shape index (κ2) is 1.23. The van der Waals surface area contributed by atoms with E-state index in [-0.39, 0.29) is 24.8 Å². The lowest BCUT2D eigenvalue weighted by molar-refractivity contribution is -0.159. The van der Waals surface area contributed by atoms with Crippen LogP contribution in [-0.2, 0) is 0 Å². The first kappa shape index (κ1) is 4.73. The van der Waals surface area contributed by atoms with Crippen LogP contribution in [-0.4, -0.2) is 35.0 Å². The highest BCUT2D eigenvalue weighted by atomic mass is 16.3. The Labute approximate surface area is 47.3 Å². The summed E-state index contributed by atoms with van der Waals surface area (Å²) in [7, 11) is 0. The molecule has 3 N–H and O–H groups in total. The largest absolute Gasteiger partial charge is 0.396 e. The van der Waals surface area contributed by atoms with Crippen LogP contribution in [0.5, 0.6) is 0 Å². The number of aliphatic hydroxyl groups excluding tert-OH is 2. The lowest BCUT2D eigenvalue weighted by atomic mass is 9.63. The van der Waals surface area contributed by atoms with Gasteiger partial charge in [0.05, 0.1) is 6.10 Å². The van der Waals surface area contributed by atoms with Crippen LogP contribution in [0, 0.1) is 5.92 Å². The van der Waals surface area contributed by atoms with Crippen molar-refractivity contribution in [3.63, 3.8) is 0 Å². The highest BCUT2D eigenvalue weighted by molar-refractivity contribution is 5.18. The molecular formula is C5H9NO2. The molecule has 3 rings (SSSR count). The van der Waals surface area contributed by atoms with Gasteiger partial charge < -0.3 is 15.5 Å². The highest BCUT2D eigenvalue weighted by Gasteiger charge is 2.60. The lowest BCUT2D eigenvalue weighted by Crippen LogP contribution is -2.85. The Morgan fingerprint density at radius 3 is 2.12 bits per heavy atom. The lowest BCUT2D eigenvalue weighted by Gasteiger charge is -2.62. The summed E-state index contributed by atoms with van der Waals surface area (Å²) in [6.45, 7) is 0.222. The zero-order chi connectivity index (χ0) is 5.72. The summed E-state index contributed by atoms with van der Waals surface area (Å²) in [5.41, 5.74) is 0. The van der Waals surface area contributed by atoms with Gasteiger partial charge in [-0.25, -0.2) is 0 Å². The number of aliphatic hydroxyl groups is 2. The molecule has 0 radical (unpaired) electrons. The number of rotatable bonds is 1. The van der Waals surface area contributed by atoms with Gasteiger partial charge in [-0.3, -0.25) is 0 Å². The third kappa shape index (κ3) is 0.292. The minimum Gasteiger partial charge on any atom is -0.396 e. The molecule has 0 aromatic carbocycles. The van der Waals surface area contributed by atoms with Crippen LogP contribution < -0.4 is 5.32 Å². The summed E-state index contributed by atoms with van der Waals surface area (Å²) in [5, 5.41) is 20.5. The first-order chi connectivity index (χ1) is 3.84. The first-order valence-electron chi connectivity index (χ1n) is 2.89. The van der Waals surface area contributed by atoms with E-state index in [1.807, 2.05) is 0 Å². The van der Waals surface area contributed by atoms with Crippen LogP contribution in [0.25, 0.3) is 0 Å². The van der Waals surface area contributed by atoms with E-state index in [0.29, 0.717) is 5.92 Å². The molecular weight excluding hydrogens is 106 g/mol. The van der Waals surface area contributed by atoms with Crippen LogP contribution >= 0.6 is 0 Å². The summed E-state index contributed by atoms with van der Waals surface area (Å²) in [6.07, 6.45) is -0.160. The molecule has 3 fully saturated rings. The zero-order valence-corrected chi connectivity index (χ0v) is 4.41. The summed E-state index contributed by atoms with van der Waals surface area (Å²) >= 11 is 0. The van der Waals surface area contributed by atoms with Crippen molar-refractivity contribution in [2.45, 2.75) is 18.2 Å². The highest BCUT2D eigenvalue weighted by Crippen LogP contribution is 2.39. The standard InChI is InChI=1S/C5H9NO2/c7-1-2-3-5(8)4(2)6-3/h2-8H,1H2. The Hall–Kier alpha value is -0.120. The molecule has 0 spiro atoms. The van der Waals surface area contributed by atoms with Crippen molar-refractivity contribution in [2.75, 3.05) is 6.61 Å². The zero-order valence-electron chi connectivity index (χ0n) is 4.41. The Morgan fingerprint density at radius 2 is 2.00 bits per heavy atom. The molecule has 2 unspecified atom stereocenters. The van der Waals surface area contributed by atoms with Gasteiger partial charge in [-0.15, -0.1) is 0 Å². The van der Waals surface area contributed by atoms with Gasteiger partial charge in [0.25, 0.3) is 0 Å². The van der Waals surface area contributed by atoms with Gasteiger partial charge in [-0.2, -0.15) is 0 Å². The molecule has 1 aliphatic carbocycles. The third-order valence-corrected chi connectivity index (χ3v) is 2.25. The molecule has 3 aliphatic rings. The predicted molar refractivity (Wildman–Crippen MR) is 27.3 cm³/mol. The number of hydrogen-bond donors (Lipinski definition) is 3. The molecule has 2 aliphatic heterocycles. The average Bonchev–Trinajstić information content (AvgIpc) is 1.62. The van der Waals surface area contributed by atoms with Crippen LogP contribution in [0.15, 0.2) is 0 Å². The van der Waals surface area contributed by atoms with Crippen LogP contribution in [0.1, 0.15) is 0 Å². The molecule has 0 amide bonds. The molecule has 0 aromatic rings. The van der Waals surface area contributed by atoms with E-state index in [1.54, 1.807) is 0 Å². The minimum atomic E-state index is -0.160. The maximum Gasteiger partial charge on any atom is 0.0854 e. The van der Waals surface area contributed by atoms with Crippen LogP contribution in [0.2, 0.25) is 0 Å². The van der Waals surface area contributed by atoms with Crippen molar-refractivity contribution in [1.82, 2.24) is 5.32 Å². The minimum absolute atomic E-state index is 0.160. The SMILES string of the molecule is OCC1C2NC1C2O. The molecule has 1 saturated carbocycles. The molecule has 3 nitrogen and oxygen atoms in total. The van der Waals surface area contributed by atoms with Gasteiger partial charge >= 0.3 is 0 Å². The third-order valence-electron chi connectivity index (χ3n) is 2.25. The summed E-state index contributed by atoms with van der Waals surface area (Å²) in [4.78, 5) is 0. The number of hydrogen-bond acceptors (Lipinski definition) is 3. The molecule has 8 heavy (non-hydrogen) atoms. The Morgan fingerprint density at radius 1 is 1.38 bits per heavy atom. The fraction of sp³-hybridized carbons (Fsp3) is 1.00. The van der Waals surface area contributed by atoms with Crippen molar-refractivity contribution >= 4 is 0 Å². The second-order valence-corrected chi connectivity index (χ2v) is 2.56. The van der Waals surface area contributed by atoms with E-state index >= 15 is 0 Å². The van der Waals surface area contributed by atoms with E-state index in [2.05, 4.69) is 5.32 Å². The molecule has 2 heterocycles. The molecule has 2 saturated heterocycles. The molecule has 2 bridgehead atoms. The van der Waals surface area contributed by atoms with Crippen LogP contribution in [0.4, 0.5) is 0 Å². The van der Waals surface area contributed by atoms with E-state index < -0.39 is 0 Å².